The maximum absolute atomic E-state index is 12.4. The van der Waals surface area contributed by atoms with Crippen molar-refractivity contribution >= 4 is 15.9 Å². The van der Waals surface area contributed by atoms with E-state index >= 15 is 0 Å². The molecule has 17 heavy (non-hydrogen) atoms. The summed E-state index contributed by atoms with van der Waals surface area (Å²) >= 11 is 2.96. The Kier molecular flexibility index (Phi) is 4.26. The van der Waals surface area contributed by atoms with E-state index in [1.54, 1.807) is 0 Å². The summed E-state index contributed by atoms with van der Waals surface area (Å²) in [6.45, 7) is 0. The Morgan fingerprint density at radius 2 is 1.82 bits per heavy atom. The molecule has 0 amide bonds. The first-order valence-corrected chi connectivity index (χ1v) is 5.27. The number of ether oxygens (including phenoxy) is 2. The lowest BCUT2D eigenvalue weighted by Crippen LogP contribution is -2.20. The molecule has 0 aliphatic heterocycles. The molecule has 0 saturated heterocycles. The van der Waals surface area contributed by atoms with Crippen molar-refractivity contribution in [3.63, 3.8) is 0 Å². The van der Waals surface area contributed by atoms with Crippen LogP contribution in [0.4, 0.5) is 13.2 Å². The molecule has 0 fully saturated rings. The highest BCUT2D eigenvalue weighted by molar-refractivity contribution is 9.10. The van der Waals surface area contributed by atoms with Crippen LogP contribution in [-0.4, -0.2) is 25.5 Å². The first kappa shape index (κ1) is 14.1. The van der Waals surface area contributed by atoms with E-state index < -0.39 is 12.3 Å². The van der Waals surface area contributed by atoms with Crippen LogP contribution in [0.3, 0.4) is 0 Å². The Hall–Kier alpha value is -0.950. The number of hydrogen-bond donors (Lipinski definition) is 1. The third-order valence-electron chi connectivity index (χ3n) is 2.12. The van der Waals surface area contributed by atoms with E-state index in [1.807, 2.05) is 0 Å². The Bertz CT molecular complexity index is 407. The smallest absolute Gasteiger partial charge is 0.418 e. The van der Waals surface area contributed by atoms with Gasteiger partial charge >= 0.3 is 6.18 Å². The van der Waals surface area contributed by atoms with Gasteiger partial charge in [-0.3, -0.25) is 0 Å². The fourth-order valence-corrected chi connectivity index (χ4v) is 2.00. The van der Waals surface area contributed by atoms with E-state index in [0.29, 0.717) is 0 Å². The summed E-state index contributed by atoms with van der Waals surface area (Å²) in [5.41, 5.74) is -0.324. The van der Waals surface area contributed by atoms with Gasteiger partial charge in [0.2, 0.25) is 0 Å². The maximum atomic E-state index is 12.4. The second kappa shape index (κ2) is 5.14. The van der Waals surface area contributed by atoms with Crippen molar-refractivity contribution < 1.29 is 27.8 Å². The van der Waals surface area contributed by atoms with E-state index in [0.717, 1.165) is 6.07 Å². The molecule has 1 N–H and O–H groups in total. The van der Waals surface area contributed by atoms with Gasteiger partial charge < -0.3 is 14.6 Å². The molecule has 3 nitrogen and oxygen atoms in total. The van der Waals surface area contributed by atoms with Gasteiger partial charge in [-0.2, -0.15) is 13.2 Å². The fourth-order valence-electron chi connectivity index (χ4n) is 1.29. The summed E-state index contributed by atoms with van der Waals surface area (Å²) in [6.07, 6.45) is -7.31. The maximum Gasteiger partial charge on any atom is 0.418 e. The van der Waals surface area contributed by atoms with Crippen LogP contribution in [0, 0.1) is 0 Å². The summed E-state index contributed by atoms with van der Waals surface area (Å²) in [4.78, 5) is 0. The molecule has 0 heterocycles. The van der Waals surface area contributed by atoms with E-state index in [-0.39, 0.29) is 21.5 Å². The largest absolute Gasteiger partial charge is 0.493 e. The molecule has 0 aliphatic rings. The molecular formula is C10H10BrF3O3. The van der Waals surface area contributed by atoms with E-state index in [1.165, 1.54) is 20.3 Å². The number of alkyl halides is 3. The molecule has 1 aromatic rings. The topological polar surface area (TPSA) is 38.7 Å². The number of aliphatic hydroxyl groups is 1. The van der Waals surface area contributed by atoms with Crippen LogP contribution < -0.4 is 9.47 Å². The highest BCUT2D eigenvalue weighted by Gasteiger charge is 2.41. The lowest BCUT2D eigenvalue weighted by atomic mass is 10.1. The first-order valence-electron chi connectivity index (χ1n) is 4.48. The third-order valence-corrected chi connectivity index (χ3v) is 2.94. The Morgan fingerprint density at radius 3 is 2.24 bits per heavy atom. The Balaban J connectivity index is 3.29. The van der Waals surface area contributed by atoms with Crippen molar-refractivity contribution in [2.75, 3.05) is 14.2 Å². The van der Waals surface area contributed by atoms with Crippen LogP contribution in [0.15, 0.2) is 16.6 Å². The molecule has 0 aromatic heterocycles. The van der Waals surface area contributed by atoms with Crippen LogP contribution in [0.1, 0.15) is 11.7 Å². The van der Waals surface area contributed by atoms with Crippen molar-refractivity contribution in [3.8, 4) is 11.5 Å². The normalized spacial score (nSPS) is 13.4. The van der Waals surface area contributed by atoms with Gasteiger partial charge in [-0.15, -0.1) is 0 Å². The van der Waals surface area contributed by atoms with Crippen LogP contribution >= 0.6 is 15.9 Å². The van der Waals surface area contributed by atoms with Gasteiger partial charge in [-0.05, 0) is 22.0 Å². The van der Waals surface area contributed by atoms with E-state index in [4.69, 9.17) is 9.47 Å². The lowest BCUT2D eigenvalue weighted by Gasteiger charge is -2.18. The average Bonchev–Trinajstić information content (AvgIpc) is 2.26. The second-order valence-corrected chi connectivity index (χ2v) is 3.94. The highest BCUT2D eigenvalue weighted by atomic mass is 79.9. The number of halogens is 4. The van der Waals surface area contributed by atoms with Crippen molar-refractivity contribution in [1.82, 2.24) is 0 Å². The zero-order valence-corrected chi connectivity index (χ0v) is 10.6. The fraction of sp³-hybridized carbons (Fsp3) is 0.400. The SMILES string of the molecule is COc1ccc(C(O)C(F)(F)F)c(Br)c1OC. The van der Waals surface area contributed by atoms with E-state index in [9.17, 15) is 18.3 Å². The molecule has 0 radical (unpaired) electrons. The van der Waals surface area contributed by atoms with Gasteiger partial charge in [0.1, 0.15) is 0 Å². The molecule has 1 atom stereocenters. The molecule has 96 valence electrons. The number of rotatable bonds is 3. The number of methoxy groups -OCH3 is 2. The molecule has 0 spiro atoms. The van der Waals surface area contributed by atoms with Gasteiger partial charge in [-0.1, -0.05) is 6.07 Å². The Morgan fingerprint density at radius 1 is 1.24 bits per heavy atom. The first-order chi connectivity index (χ1) is 7.82. The summed E-state index contributed by atoms with van der Waals surface area (Å²) in [7, 11) is 2.66. The quantitative estimate of drug-likeness (QED) is 0.932. The lowest BCUT2D eigenvalue weighted by molar-refractivity contribution is -0.207. The van der Waals surface area contributed by atoms with Crippen molar-refractivity contribution in [2.45, 2.75) is 12.3 Å². The minimum Gasteiger partial charge on any atom is -0.493 e. The van der Waals surface area contributed by atoms with Gasteiger partial charge in [-0.25, -0.2) is 0 Å². The van der Waals surface area contributed by atoms with Gasteiger partial charge in [0, 0.05) is 5.56 Å². The monoisotopic (exact) mass is 314 g/mol. The Labute approximate surface area is 104 Å². The molecule has 0 saturated carbocycles. The minimum absolute atomic E-state index is 0.0178. The van der Waals surface area contributed by atoms with Crippen molar-refractivity contribution in [1.29, 1.82) is 0 Å². The van der Waals surface area contributed by atoms with Gasteiger partial charge in [0.25, 0.3) is 0 Å². The molecular weight excluding hydrogens is 305 g/mol. The molecule has 1 aromatic carbocycles. The zero-order chi connectivity index (χ0) is 13.2. The van der Waals surface area contributed by atoms with Gasteiger partial charge in [0.15, 0.2) is 17.6 Å². The van der Waals surface area contributed by atoms with Crippen LogP contribution in [0.25, 0.3) is 0 Å². The van der Waals surface area contributed by atoms with Crippen LogP contribution in [0.2, 0.25) is 0 Å². The molecule has 0 aliphatic carbocycles. The van der Waals surface area contributed by atoms with Crippen LogP contribution in [0.5, 0.6) is 11.5 Å². The summed E-state index contributed by atoms with van der Waals surface area (Å²) in [6, 6.07) is 2.43. The molecule has 1 unspecified atom stereocenters. The summed E-state index contributed by atoms with van der Waals surface area (Å²) < 4.78 is 47.0. The van der Waals surface area contributed by atoms with Gasteiger partial charge in [0.05, 0.1) is 18.7 Å². The minimum atomic E-state index is -4.73. The third kappa shape index (κ3) is 2.84. The number of benzene rings is 1. The average molecular weight is 315 g/mol. The standard InChI is InChI=1S/C10H10BrF3O3/c1-16-6-4-3-5(7(11)8(6)17-2)9(15)10(12,13)14/h3-4,9,15H,1-2H3. The van der Waals surface area contributed by atoms with E-state index in [2.05, 4.69) is 15.9 Å². The predicted octanol–water partition coefficient (Wildman–Crippen LogP) is 3.06. The predicted molar refractivity (Wildman–Crippen MR) is 58.3 cm³/mol. The summed E-state index contributed by atoms with van der Waals surface area (Å²) in [5, 5.41) is 9.17. The molecule has 0 bridgehead atoms. The van der Waals surface area contributed by atoms with Crippen molar-refractivity contribution in [3.05, 3.63) is 22.2 Å². The van der Waals surface area contributed by atoms with Crippen molar-refractivity contribution in [2.24, 2.45) is 0 Å². The number of hydrogen-bond acceptors (Lipinski definition) is 3. The molecule has 1 rings (SSSR count). The summed E-state index contributed by atoms with van der Waals surface area (Å²) in [5.74, 6) is 0.380. The molecule has 7 heteroatoms. The van der Waals surface area contributed by atoms with Crippen LogP contribution in [-0.2, 0) is 0 Å². The second-order valence-electron chi connectivity index (χ2n) is 3.15. The number of aliphatic hydroxyl groups excluding tert-OH is 1. The zero-order valence-electron chi connectivity index (χ0n) is 9.01. The highest BCUT2D eigenvalue weighted by Crippen LogP contribution is 2.43.